The maximum atomic E-state index is 11.9. The summed E-state index contributed by atoms with van der Waals surface area (Å²) >= 11 is 0. The Morgan fingerprint density at radius 3 is 2.35 bits per heavy atom. The van der Waals surface area contributed by atoms with Crippen molar-refractivity contribution in [2.24, 2.45) is 5.73 Å². The number of benzene rings is 2. The van der Waals surface area contributed by atoms with Crippen LogP contribution < -0.4 is 16.8 Å². The second-order valence-corrected chi connectivity index (χ2v) is 4.41. The van der Waals surface area contributed by atoms with Gasteiger partial charge >= 0.3 is 0 Å². The predicted molar refractivity (Wildman–Crippen MR) is 78.1 cm³/mol. The number of nitrogen functional groups attached to an aromatic ring is 1. The minimum atomic E-state index is -0.498. The van der Waals surface area contributed by atoms with Gasteiger partial charge in [0.05, 0.1) is 6.42 Å². The van der Waals surface area contributed by atoms with E-state index in [9.17, 15) is 9.59 Å². The Bertz CT molecular complexity index is 636. The van der Waals surface area contributed by atoms with E-state index < -0.39 is 5.91 Å². The zero-order valence-corrected chi connectivity index (χ0v) is 10.8. The Morgan fingerprint density at radius 2 is 1.75 bits per heavy atom. The van der Waals surface area contributed by atoms with Gasteiger partial charge in [0.1, 0.15) is 0 Å². The molecular weight excluding hydrogens is 254 g/mol. The molecule has 0 bridgehead atoms. The van der Waals surface area contributed by atoms with Crippen molar-refractivity contribution >= 4 is 23.2 Å². The molecule has 0 aliphatic carbocycles. The first-order valence-electron chi connectivity index (χ1n) is 6.09. The number of primary amides is 1. The first-order chi connectivity index (χ1) is 9.54. The van der Waals surface area contributed by atoms with Crippen LogP contribution in [0.15, 0.2) is 48.5 Å². The first kappa shape index (κ1) is 13.6. The molecule has 102 valence electrons. The predicted octanol–water partition coefficient (Wildman–Crippen LogP) is 1.55. The van der Waals surface area contributed by atoms with Gasteiger partial charge < -0.3 is 16.8 Å². The van der Waals surface area contributed by atoms with Crippen molar-refractivity contribution in [3.63, 3.8) is 0 Å². The third kappa shape index (κ3) is 3.58. The lowest BCUT2D eigenvalue weighted by Gasteiger charge is -2.06. The van der Waals surface area contributed by atoms with E-state index in [1.54, 1.807) is 42.5 Å². The molecule has 0 saturated heterocycles. The zero-order chi connectivity index (χ0) is 14.5. The van der Waals surface area contributed by atoms with E-state index >= 15 is 0 Å². The van der Waals surface area contributed by atoms with Crippen LogP contribution in [0.3, 0.4) is 0 Å². The summed E-state index contributed by atoms with van der Waals surface area (Å²) in [6.07, 6.45) is 0.239. The molecule has 2 aromatic carbocycles. The maximum absolute atomic E-state index is 11.9. The standard InChI is InChI=1S/C15H15N3O2/c16-12-3-1-2-10(8-12)9-14(19)18-13-6-4-11(5-7-13)15(17)20/h1-8H,9,16H2,(H2,17,20)(H,18,19). The van der Waals surface area contributed by atoms with E-state index in [2.05, 4.69) is 5.32 Å². The van der Waals surface area contributed by atoms with Crippen molar-refractivity contribution in [3.8, 4) is 0 Å². The highest BCUT2D eigenvalue weighted by Gasteiger charge is 2.05. The van der Waals surface area contributed by atoms with Crippen molar-refractivity contribution in [1.29, 1.82) is 0 Å². The number of carbonyl (C=O) groups excluding carboxylic acids is 2. The Hall–Kier alpha value is -2.82. The molecule has 0 fully saturated rings. The molecule has 20 heavy (non-hydrogen) atoms. The highest BCUT2D eigenvalue weighted by molar-refractivity contribution is 5.95. The van der Waals surface area contributed by atoms with Crippen molar-refractivity contribution in [3.05, 3.63) is 59.7 Å². The number of anilines is 2. The Kier molecular flexibility index (Phi) is 4.00. The summed E-state index contributed by atoms with van der Waals surface area (Å²) in [5.41, 5.74) is 13.3. The molecule has 0 spiro atoms. The molecule has 5 N–H and O–H groups in total. The Morgan fingerprint density at radius 1 is 1.05 bits per heavy atom. The smallest absolute Gasteiger partial charge is 0.248 e. The van der Waals surface area contributed by atoms with Gasteiger partial charge in [0.15, 0.2) is 0 Å². The van der Waals surface area contributed by atoms with E-state index in [1.165, 1.54) is 0 Å². The average Bonchev–Trinajstić information content (AvgIpc) is 2.39. The topological polar surface area (TPSA) is 98.2 Å². The fourth-order valence-corrected chi connectivity index (χ4v) is 1.81. The molecule has 0 aliphatic rings. The van der Waals surface area contributed by atoms with Crippen molar-refractivity contribution in [1.82, 2.24) is 0 Å². The summed E-state index contributed by atoms with van der Waals surface area (Å²) in [5.74, 6) is -0.648. The first-order valence-corrected chi connectivity index (χ1v) is 6.09. The molecule has 0 heterocycles. The summed E-state index contributed by atoms with van der Waals surface area (Å²) < 4.78 is 0. The second kappa shape index (κ2) is 5.88. The number of rotatable bonds is 4. The lowest BCUT2D eigenvalue weighted by Crippen LogP contribution is -2.15. The molecule has 5 nitrogen and oxygen atoms in total. The Balaban J connectivity index is 1.99. The number of hydrogen-bond donors (Lipinski definition) is 3. The minimum absolute atomic E-state index is 0.151. The van der Waals surface area contributed by atoms with Crippen LogP contribution >= 0.6 is 0 Å². The highest BCUT2D eigenvalue weighted by Crippen LogP contribution is 2.11. The fourth-order valence-electron chi connectivity index (χ4n) is 1.81. The lowest BCUT2D eigenvalue weighted by molar-refractivity contribution is -0.115. The summed E-state index contributed by atoms with van der Waals surface area (Å²) in [6, 6.07) is 13.6. The van der Waals surface area contributed by atoms with Gasteiger partial charge in [0.25, 0.3) is 0 Å². The molecule has 0 saturated carbocycles. The minimum Gasteiger partial charge on any atom is -0.399 e. The molecule has 2 aromatic rings. The van der Waals surface area contributed by atoms with Gasteiger partial charge in [-0.1, -0.05) is 12.1 Å². The number of hydrogen-bond acceptors (Lipinski definition) is 3. The van der Waals surface area contributed by atoms with Gasteiger partial charge in [0.2, 0.25) is 11.8 Å². The lowest BCUT2D eigenvalue weighted by atomic mass is 10.1. The van der Waals surface area contributed by atoms with Gasteiger partial charge in [-0.2, -0.15) is 0 Å². The van der Waals surface area contributed by atoms with Crippen LogP contribution in [0, 0.1) is 0 Å². The Labute approximate surface area is 116 Å². The van der Waals surface area contributed by atoms with Crippen LogP contribution in [0.1, 0.15) is 15.9 Å². The molecule has 2 rings (SSSR count). The van der Waals surface area contributed by atoms with Crippen LogP contribution in [0.5, 0.6) is 0 Å². The van der Waals surface area contributed by atoms with Crippen LogP contribution in [-0.4, -0.2) is 11.8 Å². The zero-order valence-electron chi connectivity index (χ0n) is 10.8. The van der Waals surface area contributed by atoms with Gasteiger partial charge in [0, 0.05) is 16.9 Å². The third-order valence-electron chi connectivity index (χ3n) is 2.77. The molecule has 0 aliphatic heterocycles. The van der Waals surface area contributed by atoms with E-state index in [4.69, 9.17) is 11.5 Å². The normalized spacial score (nSPS) is 10.0. The quantitative estimate of drug-likeness (QED) is 0.734. The molecule has 0 atom stereocenters. The third-order valence-corrected chi connectivity index (χ3v) is 2.77. The van der Waals surface area contributed by atoms with E-state index in [1.807, 2.05) is 6.07 Å². The number of nitrogens with one attached hydrogen (secondary N) is 1. The largest absolute Gasteiger partial charge is 0.399 e. The van der Waals surface area contributed by atoms with E-state index in [-0.39, 0.29) is 12.3 Å². The number of carbonyl (C=O) groups is 2. The second-order valence-electron chi connectivity index (χ2n) is 4.41. The SMILES string of the molecule is NC(=O)c1ccc(NC(=O)Cc2cccc(N)c2)cc1. The van der Waals surface area contributed by atoms with Crippen LogP contribution in [0.4, 0.5) is 11.4 Å². The molecular formula is C15H15N3O2. The molecule has 2 amide bonds. The summed E-state index contributed by atoms with van der Waals surface area (Å²) in [7, 11) is 0. The van der Waals surface area contributed by atoms with E-state index in [0.717, 1.165) is 5.56 Å². The van der Waals surface area contributed by atoms with Crippen LogP contribution in [-0.2, 0) is 11.2 Å². The number of amides is 2. The number of nitrogens with two attached hydrogens (primary N) is 2. The molecule has 0 radical (unpaired) electrons. The molecule has 5 heteroatoms. The molecule has 0 aromatic heterocycles. The van der Waals surface area contributed by atoms with Gasteiger partial charge in [-0.15, -0.1) is 0 Å². The van der Waals surface area contributed by atoms with Crippen molar-refractivity contribution in [2.45, 2.75) is 6.42 Å². The van der Waals surface area contributed by atoms with Gasteiger partial charge in [-0.05, 0) is 42.0 Å². The van der Waals surface area contributed by atoms with Crippen molar-refractivity contribution < 1.29 is 9.59 Å². The van der Waals surface area contributed by atoms with Crippen molar-refractivity contribution in [2.75, 3.05) is 11.1 Å². The monoisotopic (exact) mass is 269 g/mol. The summed E-state index contributed by atoms with van der Waals surface area (Å²) in [6.45, 7) is 0. The average molecular weight is 269 g/mol. The van der Waals surface area contributed by atoms with E-state index in [0.29, 0.717) is 16.9 Å². The van der Waals surface area contributed by atoms with Gasteiger partial charge in [-0.3, -0.25) is 9.59 Å². The molecule has 0 unspecified atom stereocenters. The highest BCUT2D eigenvalue weighted by atomic mass is 16.1. The summed E-state index contributed by atoms with van der Waals surface area (Å²) in [4.78, 5) is 22.8. The maximum Gasteiger partial charge on any atom is 0.248 e. The van der Waals surface area contributed by atoms with Crippen LogP contribution in [0.2, 0.25) is 0 Å². The van der Waals surface area contributed by atoms with Gasteiger partial charge in [-0.25, -0.2) is 0 Å². The fraction of sp³-hybridized carbons (Fsp3) is 0.0667. The summed E-state index contributed by atoms with van der Waals surface area (Å²) in [5, 5.41) is 2.74. The van der Waals surface area contributed by atoms with Crippen LogP contribution in [0.25, 0.3) is 0 Å².